The van der Waals surface area contributed by atoms with Crippen LogP contribution in [0.3, 0.4) is 0 Å². The second kappa shape index (κ2) is 2.22. The van der Waals surface area contributed by atoms with Crippen LogP contribution < -0.4 is 22.9 Å². The average Bonchev–Trinajstić information content (AvgIpc) is 2.07. The van der Waals surface area contributed by atoms with Gasteiger partial charge in [0.1, 0.15) is 0 Å². The van der Waals surface area contributed by atoms with Crippen molar-refractivity contribution in [3.05, 3.63) is 22.8 Å². The molecule has 10 heavy (non-hydrogen) atoms. The lowest BCUT2D eigenvalue weighted by Gasteiger charge is -2.02. The maximum Gasteiger partial charge on any atom is 0.0940 e. The Bertz CT molecular complexity index is 206. The third kappa shape index (κ3) is 0.808. The highest BCUT2D eigenvalue weighted by Crippen LogP contribution is 2.26. The van der Waals surface area contributed by atoms with Gasteiger partial charge in [0.25, 0.3) is 0 Å². The van der Waals surface area contributed by atoms with Crippen molar-refractivity contribution in [2.24, 2.45) is 22.9 Å². The summed E-state index contributed by atoms with van der Waals surface area (Å²) >= 11 is 2.09. The molecule has 0 aromatic heterocycles. The van der Waals surface area contributed by atoms with Gasteiger partial charge in [-0.25, -0.2) is 0 Å². The molecular formula is C5H9IN4. The first kappa shape index (κ1) is 7.52. The normalized spacial score (nSPS) is 20.9. The molecule has 0 saturated carbocycles. The highest BCUT2D eigenvalue weighted by Gasteiger charge is 2.24. The predicted molar refractivity (Wildman–Crippen MR) is 48.6 cm³/mol. The Hall–Kier alpha value is -0.590. The van der Waals surface area contributed by atoms with E-state index in [4.69, 9.17) is 22.9 Å². The zero-order valence-corrected chi connectivity index (χ0v) is 7.42. The van der Waals surface area contributed by atoms with Crippen LogP contribution in [-0.4, -0.2) is 3.92 Å². The fraction of sp³-hybridized carbons (Fsp3) is 0.200. The van der Waals surface area contributed by atoms with Crippen LogP contribution in [0.2, 0.25) is 0 Å². The summed E-state index contributed by atoms with van der Waals surface area (Å²) < 4.78 is -0.0300. The molecule has 0 fully saturated rings. The number of nitrogens with two attached hydrogens (primary N) is 4. The summed E-state index contributed by atoms with van der Waals surface area (Å²) in [5, 5.41) is 0. The number of hydrogen-bond donors (Lipinski definition) is 4. The third-order valence-corrected chi connectivity index (χ3v) is 2.80. The Kier molecular flexibility index (Phi) is 1.67. The number of hydrogen-bond acceptors (Lipinski definition) is 4. The molecule has 0 heterocycles. The predicted octanol–water partition coefficient (Wildman–Crippen LogP) is -0.938. The van der Waals surface area contributed by atoms with Gasteiger partial charge in [-0.1, -0.05) is 22.6 Å². The maximum atomic E-state index is 5.55. The smallest absolute Gasteiger partial charge is 0.0940 e. The second-order valence-corrected chi connectivity index (χ2v) is 3.35. The van der Waals surface area contributed by atoms with Crippen molar-refractivity contribution in [2.45, 2.75) is 3.92 Å². The summed E-state index contributed by atoms with van der Waals surface area (Å²) in [5.41, 5.74) is 24.1. The van der Waals surface area contributed by atoms with Gasteiger partial charge in [0.05, 0.1) is 26.7 Å². The molecule has 1 aliphatic carbocycles. The molecule has 0 saturated heterocycles. The van der Waals surface area contributed by atoms with Crippen LogP contribution in [-0.2, 0) is 0 Å². The van der Waals surface area contributed by atoms with E-state index >= 15 is 0 Å². The van der Waals surface area contributed by atoms with E-state index in [9.17, 15) is 0 Å². The van der Waals surface area contributed by atoms with Crippen LogP contribution in [0.4, 0.5) is 0 Å². The lowest BCUT2D eigenvalue weighted by atomic mass is 10.3. The molecular weight excluding hydrogens is 243 g/mol. The van der Waals surface area contributed by atoms with Gasteiger partial charge in [-0.05, 0) is 0 Å². The van der Waals surface area contributed by atoms with Crippen LogP contribution in [0, 0.1) is 0 Å². The summed E-state index contributed by atoms with van der Waals surface area (Å²) in [6, 6.07) is 0. The van der Waals surface area contributed by atoms with E-state index in [2.05, 4.69) is 22.6 Å². The van der Waals surface area contributed by atoms with Gasteiger partial charge >= 0.3 is 0 Å². The molecule has 0 bridgehead atoms. The summed E-state index contributed by atoms with van der Waals surface area (Å²) in [6.07, 6.45) is 0. The molecule has 0 aliphatic heterocycles. The van der Waals surface area contributed by atoms with Gasteiger partial charge in [0, 0.05) is 0 Å². The largest absolute Gasteiger partial charge is 0.399 e. The molecule has 4 nitrogen and oxygen atoms in total. The van der Waals surface area contributed by atoms with Crippen LogP contribution in [0.1, 0.15) is 0 Å². The maximum absolute atomic E-state index is 5.55. The lowest BCUT2D eigenvalue weighted by molar-refractivity contribution is 1.13. The molecule has 0 radical (unpaired) electrons. The molecule has 56 valence electrons. The third-order valence-electron chi connectivity index (χ3n) is 1.46. The second-order valence-electron chi connectivity index (χ2n) is 2.10. The first-order valence-corrected chi connectivity index (χ1v) is 3.95. The standard InChI is InChI=1S/C5H9IN4/c6-1-2(7)4(9)5(10)3(1)8/h1H,7-10H2. The van der Waals surface area contributed by atoms with Gasteiger partial charge in [-0.3, -0.25) is 0 Å². The Balaban J connectivity index is 3.09. The van der Waals surface area contributed by atoms with Gasteiger partial charge in [0.15, 0.2) is 0 Å². The molecule has 0 atom stereocenters. The minimum absolute atomic E-state index is 0.0300. The summed E-state index contributed by atoms with van der Waals surface area (Å²) in [7, 11) is 0. The summed E-state index contributed by atoms with van der Waals surface area (Å²) in [5.74, 6) is 0. The number of halogens is 1. The zero-order valence-electron chi connectivity index (χ0n) is 5.26. The van der Waals surface area contributed by atoms with Crippen molar-refractivity contribution in [2.75, 3.05) is 0 Å². The SMILES string of the molecule is NC1=C(N)C(I)C(N)=C1N. The fourth-order valence-electron chi connectivity index (χ4n) is 0.752. The molecule has 8 N–H and O–H groups in total. The van der Waals surface area contributed by atoms with Gasteiger partial charge in [-0.2, -0.15) is 0 Å². The van der Waals surface area contributed by atoms with Crippen molar-refractivity contribution in [1.29, 1.82) is 0 Å². The monoisotopic (exact) mass is 252 g/mol. The minimum atomic E-state index is -0.0300. The Labute approximate surface area is 72.4 Å². The Morgan fingerprint density at radius 3 is 1.30 bits per heavy atom. The Morgan fingerprint density at radius 1 is 0.900 bits per heavy atom. The van der Waals surface area contributed by atoms with E-state index in [0.717, 1.165) is 0 Å². The van der Waals surface area contributed by atoms with Crippen molar-refractivity contribution in [1.82, 2.24) is 0 Å². The lowest BCUT2D eigenvalue weighted by Crippen LogP contribution is -2.16. The molecule has 0 aromatic rings. The molecule has 0 spiro atoms. The van der Waals surface area contributed by atoms with Crippen molar-refractivity contribution in [3.8, 4) is 0 Å². The zero-order chi connectivity index (χ0) is 7.89. The van der Waals surface area contributed by atoms with E-state index in [1.165, 1.54) is 0 Å². The Morgan fingerprint density at radius 2 is 1.20 bits per heavy atom. The van der Waals surface area contributed by atoms with E-state index in [1.54, 1.807) is 0 Å². The van der Waals surface area contributed by atoms with Crippen LogP contribution in [0.15, 0.2) is 22.8 Å². The van der Waals surface area contributed by atoms with E-state index in [0.29, 0.717) is 22.8 Å². The van der Waals surface area contributed by atoms with Crippen LogP contribution >= 0.6 is 22.6 Å². The van der Waals surface area contributed by atoms with Crippen LogP contribution in [0.25, 0.3) is 0 Å². The summed E-state index contributed by atoms with van der Waals surface area (Å²) in [6.45, 7) is 0. The van der Waals surface area contributed by atoms with E-state index in [-0.39, 0.29) is 3.92 Å². The molecule has 0 aromatic carbocycles. The highest BCUT2D eigenvalue weighted by molar-refractivity contribution is 14.1. The molecule has 1 rings (SSSR count). The van der Waals surface area contributed by atoms with Crippen molar-refractivity contribution < 1.29 is 0 Å². The van der Waals surface area contributed by atoms with Gasteiger partial charge in [-0.15, -0.1) is 0 Å². The van der Waals surface area contributed by atoms with Gasteiger partial charge < -0.3 is 22.9 Å². The minimum Gasteiger partial charge on any atom is -0.399 e. The fourth-order valence-corrected chi connectivity index (χ4v) is 1.42. The first-order valence-electron chi connectivity index (χ1n) is 2.70. The van der Waals surface area contributed by atoms with Crippen LogP contribution in [0.5, 0.6) is 0 Å². The molecule has 1 aliphatic rings. The topological polar surface area (TPSA) is 104 Å². The number of rotatable bonds is 0. The molecule has 0 unspecified atom stereocenters. The van der Waals surface area contributed by atoms with E-state index < -0.39 is 0 Å². The molecule has 5 heteroatoms. The summed E-state index contributed by atoms with van der Waals surface area (Å²) in [4.78, 5) is 0. The van der Waals surface area contributed by atoms with Crippen molar-refractivity contribution in [3.63, 3.8) is 0 Å². The highest BCUT2D eigenvalue weighted by atomic mass is 127. The average molecular weight is 252 g/mol. The van der Waals surface area contributed by atoms with Crippen molar-refractivity contribution >= 4 is 22.6 Å². The van der Waals surface area contributed by atoms with E-state index in [1.807, 2.05) is 0 Å². The first-order chi connectivity index (χ1) is 4.55. The van der Waals surface area contributed by atoms with Gasteiger partial charge in [0.2, 0.25) is 0 Å². The number of alkyl halides is 1. The molecule has 0 amide bonds. The quantitative estimate of drug-likeness (QED) is 0.330.